The van der Waals surface area contributed by atoms with E-state index in [1.165, 1.54) is 71.0 Å². The summed E-state index contributed by atoms with van der Waals surface area (Å²) in [6.07, 6.45) is 6.53. The maximum Gasteiger partial charge on any atom is -0.0312 e. The van der Waals surface area contributed by atoms with Gasteiger partial charge in [0.1, 0.15) is 0 Å². The van der Waals surface area contributed by atoms with Gasteiger partial charge in [-0.1, -0.05) is 0 Å². The number of hydrogen-bond donors (Lipinski definition) is 0. The molecule has 0 aliphatic heterocycles. The van der Waals surface area contributed by atoms with Crippen LogP contribution < -0.4 is 0 Å². The number of rotatable bonds is 0. The van der Waals surface area contributed by atoms with E-state index in [4.69, 9.17) is 0 Å². The molecule has 0 saturated heterocycles. The molecule has 0 N–H and O–H groups in total. The monoisotopic (exact) mass is 212 g/mol. The lowest BCUT2D eigenvalue weighted by atomic mass is 9.13. The molecule has 0 aromatic carbocycles. The molecule has 0 spiro atoms. The molecule has 7 saturated carbocycles. The topological polar surface area (TPSA) is 0 Å². The molecule has 0 aromatic rings. The first-order valence-electron chi connectivity index (χ1n) is 7.97. The number of hydrogen-bond acceptors (Lipinski definition) is 0. The summed E-state index contributed by atoms with van der Waals surface area (Å²) in [5.74, 6) is 15.5. The third-order valence-electron chi connectivity index (χ3n) is 9.19. The Morgan fingerprint density at radius 3 is 0.750 bits per heavy atom. The standard InChI is InChI=1S/C16H20/c1-2-6-5(1)9-10(6)14-13(9)15-11-7-3-4-8(7)12(11)16(14)15/h5-16H,1-4H2/t5-,6+,7-,8+,9+,10-,11+,12-,13?,14?,15?,16?. The van der Waals surface area contributed by atoms with Gasteiger partial charge in [-0.25, -0.2) is 0 Å². The van der Waals surface area contributed by atoms with Gasteiger partial charge in [-0.05, 0) is 96.7 Å². The Hall–Kier alpha value is 0. The van der Waals surface area contributed by atoms with Crippen LogP contribution in [0.15, 0.2) is 0 Å². The predicted octanol–water partition coefficient (Wildman–Crippen LogP) is 3.04. The third kappa shape index (κ3) is 0.432. The highest BCUT2D eigenvalue weighted by molar-refractivity contribution is 5.33. The molecule has 12 atom stereocenters. The highest BCUT2D eigenvalue weighted by Crippen LogP contribution is 2.90. The molecule has 4 unspecified atom stereocenters. The van der Waals surface area contributed by atoms with Crippen LogP contribution in [0.4, 0.5) is 0 Å². The van der Waals surface area contributed by atoms with Crippen molar-refractivity contribution in [3.63, 3.8) is 0 Å². The Kier molecular flexibility index (Phi) is 0.854. The Morgan fingerprint density at radius 2 is 0.562 bits per heavy atom. The highest BCUT2D eigenvalue weighted by atomic mass is 14.9. The van der Waals surface area contributed by atoms with E-state index in [9.17, 15) is 0 Å². The molecular formula is C16H20. The second-order valence-corrected chi connectivity index (χ2v) is 8.43. The summed E-state index contributed by atoms with van der Waals surface area (Å²) < 4.78 is 0. The van der Waals surface area contributed by atoms with Gasteiger partial charge in [0, 0.05) is 0 Å². The lowest BCUT2D eigenvalue weighted by Gasteiger charge is -2.91. The van der Waals surface area contributed by atoms with E-state index >= 15 is 0 Å². The molecule has 7 rings (SSSR count). The van der Waals surface area contributed by atoms with Crippen LogP contribution in [0.25, 0.3) is 0 Å². The van der Waals surface area contributed by atoms with E-state index in [0.717, 1.165) is 0 Å². The zero-order chi connectivity index (χ0) is 9.76. The Balaban J connectivity index is 1.27. The fourth-order valence-corrected chi connectivity index (χ4v) is 8.68. The van der Waals surface area contributed by atoms with Crippen molar-refractivity contribution >= 4 is 0 Å². The van der Waals surface area contributed by atoms with Gasteiger partial charge in [0.05, 0.1) is 0 Å². The number of fused-ring (bicyclic) bond motifs is 16. The lowest BCUT2D eigenvalue weighted by Crippen LogP contribution is -2.87. The molecule has 16 heavy (non-hydrogen) atoms. The summed E-state index contributed by atoms with van der Waals surface area (Å²) in [5, 5.41) is 0. The van der Waals surface area contributed by atoms with Crippen LogP contribution in [0.2, 0.25) is 0 Å². The van der Waals surface area contributed by atoms with E-state index < -0.39 is 0 Å². The zero-order valence-electron chi connectivity index (χ0n) is 9.76. The molecule has 0 bridgehead atoms. The lowest BCUT2D eigenvalue weighted by molar-refractivity contribution is -0.441. The summed E-state index contributed by atoms with van der Waals surface area (Å²) in [7, 11) is 0. The summed E-state index contributed by atoms with van der Waals surface area (Å²) in [6.45, 7) is 0. The average molecular weight is 212 g/mol. The fraction of sp³-hybridized carbons (Fsp3) is 1.00. The molecular weight excluding hydrogens is 192 g/mol. The SMILES string of the molecule is C1C[C@H]2[C@@H]1[C@@H]1C3C(C4C3[C@H]3[C@@H]5CC[C@@H]5[C@@H]43)[C@H]21. The Morgan fingerprint density at radius 1 is 0.312 bits per heavy atom. The van der Waals surface area contributed by atoms with Crippen LogP contribution >= 0.6 is 0 Å². The molecule has 7 fully saturated rings. The molecule has 7 aliphatic carbocycles. The van der Waals surface area contributed by atoms with Crippen LogP contribution in [0, 0.1) is 71.0 Å². The largest absolute Gasteiger partial charge is 0.0496 e. The van der Waals surface area contributed by atoms with E-state index in [2.05, 4.69) is 0 Å². The van der Waals surface area contributed by atoms with Gasteiger partial charge in [-0.3, -0.25) is 0 Å². The first-order valence-corrected chi connectivity index (χ1v) is 7.97. The molecule has 7 aliphatic rings. The molecule has 84 valence electrons. The minimum Gasteiger partial charge on any atom is -0.0496 e. The first-order chi connectivity index (χ1) is 7.97. The van der Waals surface area contributed by atoms with Crippen molar-refractivity contribution in [2.45, 2.75) is 25.7 Å². The predicted molar refractivity (Wildman–Crippen MR) is 60.3 cm³/mol. The van der Waals surface area contributed by atoms with Gasteiger partial charge in [-0.2, -0.15) is 0 Å². The van der Waals surface area contributed by atoms with Crippen molar-refractivity contribution in [1.29, 1.82) is 0 Å². The van der Waals surface area contributed by atoms with E-state index in [-0.39, 0.29) is 0 Å². The van der Waals surface area contributed by atoms with Crippen LogP contribution in [0.1, 0.15) is 25.7 Å². The van der Waals surface area contributed by atoms with Crippen LogP contribution in [-0.4, -0.2) is 0 Å². The maximum atomic E-state index is 1.63. The van der Waals surface area contributed by atoms with E-state index in [0.29, 0.717) is 0 Å². The van der Waals surface area contributed by atoms with Crippen molar-refractivity contribution in [2.75, 3.05) is 0 Å². The molecule has 0 nitrogen and oxygen atoms in total. The summed E-state index contributed by atoms with van der Waals surface area (Å²) in [4.78, 5) is 0. The van der Waals surface area contributed by atoms with Crippen LogP contribution in [-0.2, 0) is 0 Å². The van der Waals surface area contributed by atoms with Crippen molar-refractivity contribution in [3.05, 3.63) is 0 Å². The second kappa shape index (κ2) is 1.84. The third-order valence-corrected chi connectivity index (χ3v) is 9.19. The van der Waals surface area contributed by atoms with Gasteiger partial charge in [0.25, 0.3) is 0 Å². The minimum absolute atomic E-state index is 1.27. The normalized spacial score (nSPS) is 87.0. The highest BCUT2D eigenvalue weighted by Gasteiger charge is 2.86. The van der Waals surface area contributed by atoms with Gasteiger partial charge in [0.2, 0.25) is 0 Å². The molecule has 0 heterocycles. The van der Waals surface area contributed by atoms with Crippen molar-refractivity contribution in [2.24, 2.45) is 71.0 Å². The van der Waals surface area contributed by atoms with Gasteiger partial charge < -0.3 is 0 Å². The average Bonchev–Trinajstić information content (AvgIpc) is 2.19. The fourth-order valence-electron chi connectivity index (χ4n) is 8.68. The van der Waals surface area contributed by atoms with Crippen LogP contribution in [0.5, 0.6) is 0 Å². The quantitative estimate of drug-likeness (QED) is 0.541. The maximum absolute atomic E-state index is 1.63. The van der Waals surface area contributed by atoms with Crippen molar-refractivity contribution in [3.8, 4) is 0 Å². The second-order valence-electron chi connectivity index (χ2n) is 8.43. The minimum atomic E-state index is 1.27. The Bertz CT molecular complexity index is 338. The van der Waals surface area contributed by atoms with Gasteiger partial charge >= 0.3 is 0 Å². The molecule has 0 aromatic heterocycles. The first kappa shape index (κ1) is 7.44. The van der Waals surface area contributed by atoms with Crippen molar-refractivity contribution < 1.29 is 0 Å². The molecule has 0 amide bonds. The van der Waals surface area contributed by atoms with Gasteiger partial charge in [0.15, 0.2) is 0 Å². The molecule has 0 radical (unpaired) electrons. The smallest absolute Gasteiger partial charge is 0.0312 e. The van der Waals surface area contributed by atoms with E-state index in [1.807, 2.05) is 0 Å². The molecule has 0 heteroatoms. The van der Waals surface area contributed by atoms with E-state index in [1.54, 1.807) is 25.7 Å². The van der Waals surface area contributed by atoms with Crippen LogP contribution in [0.3, 0.4) is 0 Å². The summed E-state index contributed by atoms with van der Waals surface area (Å²) >= 11 is 0. The zero-order valence-corrected chi connectivity index (χ0v) is 9.76. The summed E-state index contributed by atoms with van der Waals surface area (Å²) in [5.41, 5.74) is 0. The Labute approximate surface area is 97.2 Å². The van der Waals surface area contributed by atoms with Gasteiger partial charge in [-0.15, -0.1) is 0 Å². The summed E-state index contributed by atoms with van der Waals surface area (Å²) in [6, 6.07) is 0. The van der Waals surface area contributed by atoms with Crippen molar-refractivity contribution in [1.82, 2.24) is 0 Å².